The molecule has 0 aliphatic rings. The molecule has 0 saturated carbocycles. The smallest absolute Gasteiger partial charge is 0.449 e. The van der Waals surface area contributed by atoms with Gasteiger partial charge in [-0.25, -0.2) is 14.2 Å². The van der Waals surface area contributed by atoms with Gasteiger partial charge in [0.05, 0.1) is 11.4 Å². The van der Waals surface area contributed by atoms with E-state index in [2.05, 4.69) is 4.98 Å². The van der Waals surface area contributed by atoms with Crippen molar-refractivity contribution in [2.24, 2.45) is 0 Å². The van der Waals surface area contributed by atoms with Crippen LogP contribution >= 0.6 is 11.6 Å². The summed E-state index contributed by atoms with van der Waals surface area (Å²) in [4.78, 5) is 15.7. The summed E-state index contributed by atoms with van der Waals surface area (Å²) < 4.78 is 18.0. The predicted octanol–water partition coefficient (Wildman–Crippen LogP) is 6.93. The molecule has 0 bridgehead atoms. The summed E-state index contributed by atoms with van der Waals surface area (Å²) in [7, 11) is 0. The fourth-order valence-electron chi connectivity index (χ4n) is 3.06. The lowest BCUT2D eigenvalue weighted by molar-refractivity contribution is 0.144. The number of carbonyl (C=O) groups is 1. The minimum absolute atomic E-state index is 0.167. The molecule has 3 aromatic carbocycles. The van der Waals surface area contributed by atoms with Gasteiger partial charge in [0.25, 0.3) is 0 Å². The number of ether oxygens (including phenoxy) is 1. The van der Waals surface area contributed by atoms with Gasteiger partial charge in [0, 0.05) is 28.3 Å². The Balaban J connectivity index is 1.73. The lowest BCUT2D eigenvalue weighted by atomic mass is 10.0. The highest BCUT2D eigenvalue weighted by atomic mass is 35.5. The van der Waals surface area contributed by atoms with Crippen molar-refractivity contribution in [3.05, 3.63) is 95.8 Å². The number of hydrogen-bond donors (Lipinski definition) is 1. The molecule has 0 saturated heterocycles. The number of aromatic nitrogens is 1. The van der Waals surface area contributed by atoms with Gasteiger partial charge >= 0.3 is 6.16 Å². The van der Waals surface area contributed by atoms with Crippen molar-refractivity contribution >= 4 is 17.8 Å². The predicted molar refractivity (Wildman–Crippen MR) is 114 cm³/mol. The van der Waals surface area contributed by atoms with Crippen LogP contribution in [0.4, 0.5) is 9.18 Å². The minimum atomic E-state index is -1.40. The number of hydrogen-bond acceptors (Lipinski definition) is 3. The Morgan fingerprint density at radius 3 is 1.70 bits per heavy atom. The third-order valence-corrected chi connectivity index (χ3v) is 4.75. The van der Waals surface area contributed by atoms with E-state index < -0.39 is 6.16 Å². The molecule has 6 heteroatoms. The number of benzene rings is 3. The third-order valence-electron chi connectivity index (χ3n) is 4.50. The van der Waals surface area contributed by atoms with Crippen LogP contribution < -0.4 is 4.74 Å². The molecular formula is C24H15ClFNO3. The quantitative estimate of drug-likeness (QED) is 0.364. The molecule has 0 amide bonds. The number of carboxylic acid groups (broad SMARTS) is 1. The maximum atomic E-state index is 13.1. The Bertz CT molecular complexity index is 1190. The molecule has 0 unspecified atom stereocenters. The average molecular weight is 420 g/mol. The standard InChI is InChI=1S/C24H15ClFNO3/c25-19-9-5-18(6-10-19)23-14-21(30-24(28)29)13-22(27-23)17-3-1-15(2-4-17)16-7-11-20(26)12-8-16/h1-14H,(H,28,29). The molecule has 148 valence electrons. The summed E-state index contributed by atoms with van der Waals surface area (Å²) in [5.74, 6) is -0.121. The first kappa shape index (κ1) is 19.6. The molecule has 0 aliphatic carbocycles. The van der Waals surface area contributed by atoms with Crippen LogP contribution in [-0.2, 0) is 0 Å². The highest BCUT2D eigenvalue weighted by Crippen LogP contribution is 2.30. The third kappa shape index (κ3) is 4.47. The van der Waals surface area contributed by atoms with Gasteiger partial charge in [-0.1, -0.05) is 60.1 Å². The van der Waals surface area contributed by atoms with E-state index in [1.807, 2.05) is 24.3 Å². The maximum Gasteiger partial charge on any atom is 0.511 e. The normalized spacial score (nSPS) is 10.6. The van der Waals surface area contributed by atoms with Gasteiger partial charge < -0.3 is 9.84 Å². The molecule has 1 heterocycles. The first-order valence-corrected chi connectivity index (χ1v) is 9.41. The Morgan fingerprint density at radius 2 is 1.20 bits per heavy atom. The van der Waals surface area contributed by atoms with Crippen LogP contribution in [0.1, 0.15) is 0 Å². The molecule has 1 aromatic heterocycles. The Kier molecular flexibility index (Phi) is 5.46. The monoisotopic (exact) mass is 419 g/mol. The van der Waals surface area contributed by atoms with E-state index >= 15 is 0 Å². The zero-order valence-corrected chi connectivity index (χ0v) is 16.3. The largest absolute Gasteiger partial charge is 0.511 e. The van der Waals surface area contributed by atoms with E-state index in [-0.39, 0.29) is 11.6 Å². The molecule has 1 N–H and O–H groups in total. The Morgan fingerprint density at radius 1 is 0.767 bits per heavy atom. The van der Waals surface area contributed by atoms with Crippen LogP contribution in [0.25, 0.3) is 33.6 Å². The molecule has 0 spiro atoms. The number of pyridine rings is 1. The second-order valence-electron chi connectivity index (χ2n) is 6.53. The first-order valence-electron chi connectivity index (χ1n) is 9.03. The molecule has 0 aliphatic heterocycles. The van der Waals surface area contributed by atoms with E-state index in [0.717, 1.165) is 22.3 Å². The summed E-state index contributed by atoms with van der Waals surface area (Å²) >= 11 is 5.96. The maximum absolute atomic E-state index is 13.1. The molecule has 4 aromatic rings. The van der Waals surface area contributed by atoms with Crippen molar-refractivity contribution < 1.29 is 19.0 Å². The fourth-order valence-corrected chi connectivity index (χ4v) is 3.18. The average Bonchev–Trinajstić information content (AvgIpc) is 2.74. The van der Waals surface area contributed by atoms with Crippen molar-refractivity contribution in [3.63, 3.8) is 0 Å². The molecule has 4 rings (SSSR count). The van der Waals surface area contributed by atoms with E-state index in [1.165, 1.54) is 12.1 Å². The minimum Gasteiger partial charge on any atom is -0.449 e. The van der Waals surface area contributed by atoms with Crippen molar-refractivity contribution in [3.8, 4) is 39.4 Å². The fraction of sp³-hybridized carbons (Fsp3) is 0. The van der Waals surface area contributed by atoms with Crippen LogP contribution in [-0.4, -0.2) is 16.2 Å². The van der Waals surface area contributed by atoms with E-state index in [1.54, 1.807) is 48.5 Å². The number of halogens is 2. The lowest BCUT2D eigenvalue weighted by Gasteiger charge is -2.10. The molecule has 30 heavy (non-hydrogen) atoms. The lowest BCUT2D eigenvalue weighted by Crippen LogP contribution is -2.04. The highest BCUT2D eigenvalue weighted by molar-refractivity contribution is 6.30. The van der Waals surface area contributed by atoms with Gasteiger partial charge in [-0.3, -0.25) is 0 Å². The summed E-state index contributed by atoms with van der Waals surface area (Å²) in [6.07, 6.45) is -1.40. The summed E-state index contributed by atoms with van der Waals surface area (Å²) in [5.41, 5.74) is 4.49. The van der Waals surface area contributed by atoms with Gasteiger partial charge in [0.2, 0.25) is 0 Å². The molecular weight excluding hydrogens is 405 g/mol. The number of nitrogens with zero attached hydrogens (tertiary/aromatic N) is 1. The Labute approximate surface area is 177 Å². The van der Waals surface area contributed by atoms with Crippen molar-refractivity contribution in [2.75, 3.05) is 0 Å². The first-order chi connectivity index (χ1) is 14.5. The van der Waals surface area contributed by atoms with Crippen molar-refractivity contribution in [1.82, 2.24) is 4.98 Å². The molecule has 0 fully saturated rings. The van der Waals surface area contributed by atoms with Gasteiger partial charge in [-0.05, 0) is 35.4 Å². The van der Waals surface area contributed by atoms with Crippen LogP contribution in [0.2, 0.25) is 5.02 Å². The van der Waals surface area contributed by atoms with E-state index in [4.69, 9.17) is 21.4 Å². The van der Waals surface area contributed by atoms with Crippen LogP contribution in [0.3, 0.4) is 0 Å². The highest BCUT2D eigenvalue weighted by Gasteiger charge is 2.11. The molecule has 4 nitrogen and oxygen atoms in total. The van der Waals surface area contributed by atoms with Crippen LogP contribution in [0.15, 0.2) is 84.9 Å². The van der Waals surface area contributed by atoms with E-state index in [9.17, 15) is 9.18 Å². The van der Waals surface area contributed by atoms with Gasteiger partial charge in [0.15, 0.2) is 0 Å². The topological polar surface area (TPSA) is 59.4 Å². The van der Waals surface area contributed by atoms with Crippen molar-refractivity contribution in [2.45, 2.75) is 0 Å². The summed E-state index contributed by atoms with van der Waals surface area (Å²) in [5, 5.41) is 9.61. The molecule has 0 atom stereocenters. The zero-order chi connectivity index (χ0) is 21.1. The van der Waals surface area contributed by atoms with Gasteiger partial charge in [-0.2, -0.15) is 0 Å². The summed E-state index contributed by atoms with van der Waals surface area (Å²) in [6, 6.07) is 24.0. The van der Waals surface area contributed by atoms with Gasteiger partial charge in [-0.15, -0.1) is 0 Å². The van der Waals surface area contributed by atoms with Crippen molar-refractivity contribution in [1.29, 1.82) is 0 Å². The van der Waals surface area contributed by atoms with Crippen LogP contribution in [0, 0.1) is 5.82 Å². The number of rotatable bonds is 4. The van der Waals surface area contributed by atoms with E-state index in [0.29, 0.717) is 16.4 Å². The van der Waals surface area contributed by atoms with Crippen LogP contribution in [0.5, 0.6) is 5.75 Å². The second kappa shape index (κ2) is 8.35. The molecule has 0 radical (unpaired) electrons. The van der Waals surface area contributed by atoms with Gasteiger partial charge in [0.1, 0.15) is 11.6 Å². The summed E-state index contributed by atoms with van der Waals surface area (Å²) in [6.45, 7) is 0. The zero-order valence-electron chi connectivity index (χ0n) is 15.5. The SMILES string of the molecule is O=C(O)Oc1cc(-c2ccc(Cl)cc2)nc(-c2ccc(-c3ccc(F)cc3)cc2)c1. The second-order valence-corrected chi connectivity index (χ2v) is 6.97. The Hall–Kier alpha value is -3.70.